The topological polar surface area (TPSA) is 163 Å². The van der Waals surface area contributed by atoms with Gasteiger partial charge in [0.15, 0.2) is 0 Å². The second-order valence-electron chi connectivity index (χ2n) is 19.1. The molecule has 1 fully saturated rings. The highest BCUT2D eigenvalue weighted by Crippen LogP contribution is 2.26. The molecule has 1 amide bonds. The highest BCUT2D eigenvalue weighted by molar-refractivity contribution is 5.76. The first-order chi connectivity index (χ1) is 29.3. The first-order valence-electron chi connectivity index (χ1n) is 26.3. The van der Waals surface area contributed by atoms with Crippen LogP contribution in [0.2, 0.25) is 0 Å². The van der Waals surface area contributed by atoms with Gasteiger partial charge in [0.25, 0.3) is 0 Å². The minimum Gasteiger partial charge on any atom is -0.396 e. The van der Waals surface area contributed by atoms with E-state index in [0.717, 1.165) is 38.5 Å². The minimum absolute atomic E-state index is 0.0739. The molecule has 0 aromatic rings. The number of unbranched alkanes of at least 4 members (excludes halogenated alkanes) is 33. The molecule has 9 heteroatoms. The first kappa shape index (κ1) is 57.2. The Hall–Kier alpha value is -0.810. The summed E-state index contributed by atoms with van der Waals surface area (Å²) in [4.78, 5) is 13.1. The fraction of sp³-hybridized carbons (Fsp3) is 0.980. The molecule has 1 aliphatic carbocycles. The fourth-order valence-corrected chi connectivity index (χ4v) is 9.23. The van der Waals surface area contributed by atoms with Crippen LogP contribution in [-0.4, -0.2) is 92.3 Å². The summed E-state index contributed by atoms with van der Waals surface area (Å²) in [6.07, 6.45) is 39.9. The van der Waals surface area contributed by atoms with Gasteiger partial charge in [-0.15, -0.1) is 0 Å². The van der Waals surface area contributed by atoms with Crippen molar-refractivity contribution >= 4 is 5.91 Å². The summed E-state index contributed by atoms with van der Waals surface area (Å²) in [6.45, 7) is 4.28. The molecule has 60 heavy (non-hydrogen) atoms. The second-order valence-corrected chi connectivity index (χ2v) is 19.1. The number of hydrogen-bond acceptors (Lipinski definition) is 8. The molecule has 1 saturated carbocycles. The third-order valence-corrected chi connectivity index (χ3v) is 13.5. The Labute approximate surface area is 370 Å². The van der Waals surface area contributed by atoms with Gasteiger partial charge in [-0.25, -0.2) is 0 Å². The Morgan fingerprint density at radius 3 is 1.22 bits per heavy atom. The molecular weight excluding hydrogens is 753 g/mol. The molecule has 0 saturated heterocycles. The zero-order valence-corrected chi connectivity index (χ0v) is 39.5. The van der Waals surface area contributed by atoms with E-state index in [0.29, 0.717) is 12.8 Å². The third-order valence-electron chi connectivity index (χ3n) is 13.5. The first-order valence-corrected chi connectivity index (χ1v) is 26.3. The SMILES string of the molecule is CCCCCCCCCCCCCCCCCCCCCCCCCC(=O)N[C@@H](CN[C@@H]1C[C@H](CO)[C@H](O)[C@H](O)[C@@H]1O)[C@@H](O)[C@H](O)CCCCCCCCCCCCCC. The lowest BCUT2D eigenvalue weighted by Crippen LogP contribution is -2.61. The van der Waals surface area contributed by atoms with E-state index in [9.17, 15) is 35.4 Å². The zero-order valence-electron chi connectivity index (χ0n) is 39.5. The van der Waals surface area contributed by atoms with Crippen LogP contribution in [0.1, 0.15) is 258 Å². The van der Waals surface area contributed by atoms with Gasteiger partial charge in [0.1, 0.15) is 12.2 Å². The van der Waals surface area contributed by atoms with E-state index in [2.05, 4.69) is 24.5 Å². The maximum atomic E-state index is 13.1. The number of rotatable bonds is 44. The van der Waals surface area contributed by atoms with Gasteiger partial charge in [0.05, 0.1) is 24.4 Å². The van der Waals surface area contributed by atoms with Gasteiger partial charge >= 0.3 is 0 Å². The molecule has 1 rings (SSSR count). The van der Waals surface area contributed by atoms with Crippen LogP contribution in [0.5, 0.6) is 0 Å². The van der Waals surface area contributed by atoms with Gasteiger partial charge < -0.3 is 41.3 Å². The average molecular weight is 855 g/mol. The number of hydrogen-bond donors (Lipinski definition) is 8. The van der Waals surface area contributed by atoms with E-state index in [1.807, 2.05) is 0 Å². The molecule has 0 unspecified atom stereocenters. The molecule has 9 nitrogen and oxygen atoms in total. The van der Waals surface area contributed by atoms with Crippen molar-refractivity contribution in [3.8, 4) is 0 Å². The smallest absolute Gasteiger partial charge is 0.220 e. The van der Waals surface area contributed by atoms with Crippen LogP contribution in [0.15, 0.2) is 0 Å². The van der Waals surface area contributed by atoms with Crippen LogP contribution in [0, 0.1) is 5.92 Å². The monoisotopic (exact) mass is 855 g/mol. The Kier molecular flexibility index (Phi) is 39.0. The Bertz CT molecular complexity index is 926. The molecule has 8 N–H and O–H groups in total. The standard InChI is InChI=1S/C51H102N2O7/c1-3-5-7-9-11-13-15-17-18-19-20-21-22-23-24-25-26-27-29-31-33-35-37-39-47(56)53-45(41-52-44-40-43(42-54)48(57)51(60)50(44)59)49(58)46(55)38-36-34-32-30-28-16-14-12-10-8-6-4-2/h43-46,48-52,54-55,57-60H,3-42H2,1-2H3,(H,53,56)/t43-,44-,45+,46-,48+,49-,50-,51+/m1/s1. The summed E-state index contributed by atoms with van der Waals surface area (Å²) in [6, 6.07) is -1.44. The molecule has 0 aromatic heterocycles. The number of nitrogens with one attached hydrogen (secondary N) is 2. The van der Waals surface area contributed by atoms with Crippen molar-refractivity contribution in [2.45, 2.75) is 300 Å². The number of aliphatic hydroxyl groups excluding tert-OH is 6. The van der Waals surface area contributed by atoms with Crippen molar-refractivity contribution in [3.05, 3.63) is 0 Å². The predicted octanol–water partition coefficient (Wildman–Crippen LogP) is 10.7. The van der Waals surface area contributed by atoms with Crippen LogP contribution in [-0.2, 0) is 4.79 Å². The normalized spacial score (nSPS) is 21.0. The summed E-state index contributed by atoms with van der Waals surface area (Å²) >= 11 is 0. The predicted molar refractivity (Wildman–Crippen MR) is 251 cm³/mol. The second kappa shape index (κ2) is 40.9. The highest BCUT2D eigenvalue weighted by atomic mass is 16.4. The van der Waals surface area contributed by atoms with E-state index in [1.54, 1.807) is 0 Å². The van der Waals surface area contributed by atoms with Gasteiger partial charge in [-0.2, -0.15) is 0 Å². The minimum atomic E-state index is -1.42. The Morgan fingerprint density at radius 1 is 0.500 bits per heavy atom. The van der Waals surface area contributed by atoms with Crippen molar-refractivity contribution in [3.63, 3.8) is 0 Å². The van der Waals surface area contributed by atoms with Crippen molar-refractivity contribution in [2.24, 2.45) is 5.92 Å². The van der Waals surface area contributed by atoms with Crippen LogP contribution in [0.3, 0.4) is 0 Å². The lowest BCUT2D eigenvalue weighted by molar-refractivity contribution is -0.131. The van der Waals surface area contributed by atoms with Gasteiger partial charge in [-0.05, 0) is 19.3 Å². The molecule has 0 spiro atoms. The van der Waals surface area contributed by atoms with Gasteiger partial charge in [0, 0.05) is 31.5 Å². The molecule has 0 bridgehead atoms. The van der Waals surface area contributed by atoms with Crippen LogP contribution < -0.4 is 10.6 Å². The van der Waals surface area contributed by atoms with Gasteiger partial charge in [-0.1, -0.05) is 232 Å². The third kappa shape index (κ3) is 30.3. The summed E-state index contributed by atoms with van der Waals surface area (Å²) < 4.78 is 0. The average Bonchev–Trinajstić information content (AvgIpc) is 3.25. The van der Waals surface area contributed by atoms with Gasteiger partial charge in [0.2, 0.25) is 5.91 Å². The summed E-state index contributed by atoms with van der Waals surface area (Å²) in [7, 11) is 0. The Balaban J connectivity index is 2.26. The number of aliphatic hydroxyl groups is 6. The van der Waals surface area contributed by atoms with E-state index in [1.165, 1.54) is 186 Å². The van der Waals surface area contributed by atoms with E-state index >= 15 is 0 Å². The van der Waals surface area contributed by atoms with Crippen LogP contribution in [0.25, 0.3) is 0 Å². The lowest BCUT2D eigenvalue weighted by Gasteiger charge is -2.41. The molecule has 0 heterocycles. The Morgan fingerprint density at radius 2 is 0.850 bits per heavy atom. The van der Waals surface area contributed by atoms with Crippen LogP contribution >= 0.6 is 0 Å². The fourth-order valence-electron chi connectivity index (χ4n) is 9.23. The van der Waals surface area contributed by atoms with Crippen molar-refractivity contribution in [1.29, 1.82) is 0 Å². The summed E-state index contributed by atoms with van der Waals surface area (Å²) in [5.74, 6) is -0.774. The molecule has 0 radical (unpaired) electrons. The largest absolute Gasteiger partial charge is 0.396 e. The molecule has 358 valence electrons. The van der Waals surface area contributed by atoms with Crippen LogP contribution in [0.4, 0.5) is 0 Å². The maximum absolute atomic E-state index is 13.1. The lowest BCUT2D eigenvalue weighted by atomic mass is 9.79. The molecule has 0 aromatic carbocycles. The molecule has 8 atom stereocenters. The number of carbonyl (C=O) groups is 1. The highest BCUT2D eigenvalue weighted by Gasteiger charge is 2.42. The maximum Gasteiger partial charge on any atom is 0.220 e. The molecule has 1 aliphatic rings. The zero-order chi connectivity index (χ0) is 43.9. The summed E-state index contributed by atoms with van der Waals surface area (Å²) in [5.41, 5.74) is 0. The van der Waals surface area contributed by atoms with E-state index in [4.69, 9.17) is 0 Å². The number of carbonyl (C=O) groups excluding carboxylic acids is 1. The van der Waals surface area contributed by atoms with Gasteiger partial charge in [-0.3, -0.25) is 4.79 Å². The molecule has 0 aliphatic heterocycles. The molecular formula is C51H102N2O7. The van der Waals surface area contributed by atoms with Crippen molar-refractivity contribution in [2.75, 3.05) is 13.2 Å². The summed E-state index contributed by atoms with van der Waals surface area (Å²) in [5, 5.41) is 69.3. The quantitative estimate of drug-likeness (QED) is 0.0281. The van der Waals surface area contributed by atoms with E-state index < -0.39 is 48.5 Å². The van der Waals surface area contributed by atoms with Crippen molar-refractivity contribution in [1.82, 2.24) is 10.6 Å². The number of amides is 1. The van der Waals surface area contributed by atoms with Crippen molar-refractivity contribution < 1.29 is 35.4 Å². The van der Waals surface area contributed by atoms with E-state index in [-0.39, 0.29) is 25.5 Å².